The summed E-state index contributed by atoms with van der Waals surface area (Å²) in [4.78, 5) is 27.6. The molecule has 0 aliphatic carbocycles. The lowest BCUT2D eigenvalue weighted by atomic mass is 10.1. The molecule has 4 rings (SSSR count). The first-order chi connectivity index (χ1) is 14.0. The van der Waals surface area contributed by atoms with Gasteiger partial charge in [0.15, 0.2) is 5.69 Å². The summed E-state index contributed by atoms with van der Waals surface area (Å²) in [7, 11) is 1.65. The zero-order valence-corrected chi connectivity index (χ0v) is 15.7. The Balaban J connectivity index is 1.79. The van der Waals surface area contributed by atoms with E-state index in [4.69, 9.17) is 0 Å². The van der Waals surface area contributed by atoms with Crippen LogP contribution in [0.4, 0.5) is 4.39 Å². The van der Waals surface area contributed by atoms with Gasteiger partial charge in [0.1, 0.15) is 5.82 Å². The highest BCUT2D eigenvalue weighted by Crippen LogP contribution is 2.17. The summed E-state index contributed by atoms with van der Waals surface area (Å²) in [5.74, 6) is -0.652. The second-order valence-corrected chi connectivity index (χ2v) is 6.73. The summed E-state index contributed by atoms with van der Waals surface area (Å²) in [6.45, 7) is 0.291. The Morgan fingerprint density at radius 2 is 1.55 bits per heavy atom. The molecule has 0 saturated heterocycles. The molecule has 3 aromatic carbocycles. The van der Waals surface area contributed by atoms with Crippen molar-refractivity contribution in [3.63, 3.8) is 0 Å². The molecule has 0 atom stereocenters. The van der Waals surface area contributed by atoms with E-state index < -0.39 is 0 Å². The number of para-hydroxylation sites is 1. The van der Waals surface area contributed by atoms with Gasteiger partial charge in [0.2, 0.25) is 0 Å². The van der Waals surface area contributed by atoms with Gasteiger partial charge in [0.05, 0.1) is 11.1 Å². The number of carbonyl (C=O) groups is 1. The lowest BCUT2D eigenvalue weighted by molar-refractivity contribution is 0.0779. The largest absolute Gasteiger partial charge is 0.336 e. The van der Waals surface area contributed by atoms with E-state index in [9.17, 15) is 14.0 Å². The molecule has 0 aliphatic heterocycles. The minimum atomic E-state index is -0.328. The molecule has 0 bridgehead atoms. The third-order valence-corrected chi connectivity index (χ3v) is 4.69. The third-order valence-electron chi connectivity index (χ3n) is 4.69. The normalized spacial score (nSPS) is 10.8. The van der Waals surface area contributed by atoms with Crippen LogP contribution in [0.15, 0.2) is 83.7 Å². The maximum atomic E-state index is 13.2. The Bertz CT molecular complexity index is 1230. The molecule has 0 radical (unpaired) electrons. The van der Waals surface area contributed by atoms with E-state index in [1.807, 2.05) is 6.07 Å². The molecule has 1 heterocycles. The first-order valence-corrected chi connectivity index (χ1v) is 9.12. The molecular weight excluding hydrogens is 369 g/mol. The van der Waals surface area contributed by atoms with Gasteiger partial charge in [-0.3, -0.25) is 9.59 Å². The summed E-state index contributed by atoms with van der Waals surface area (Å²) < 4.78 is 14.4. The van der Waals surface area contributed by atoms with Crippen LogP contribution in [0.3, 0.4) is 0 Å². The molecule has 1 aromatic heterocycles. The number of benzene rings is 3. The SMILES string of the molecule is CN(Cc1ccc(F)cc1)C(=O)c1nn(-c2ccccc2)c(=O)c2ccccc12. The van der Waals surface area contributed by atoms with Crippen molar-refractivity contribution < 1.29 is 9.18 Å². The van der Waals surface area contributed by atoms with Crippen LogP contribution in [0.1, 0.15) is 16.1 Å². The van der Waals surface area contributed by atoms with Gasteiger partial charge < -0.3 is 4.90 Å². The van der Waals surface area contributed by atoms with Gasteiger partial charge in [-0.15, -0.1) is 0 Å². The molecule has 0 saturated carbocycles. The predicted molar refractivity (Wildman–Crippen MR) is 110 cm³/mol. The Kier molecular flexibility index (Phi) is 4.91. The standard InChI is InChI=1S/C23H18FN3O2/c1-26(15-16-11-13-17(24)14-12-16)23(29)21-19-9-5-6-10-20(19)22(28)27(25-21)18-7-3-2-4-8-18/h2-14H,15H2,1H3. The van der Waals surface area contributed by atoms with Gasteiger partial charge in [-0.25, -0.2) is 4.39 Å². The minimum Gasteiger partial charge on any atom is -0.336 e. The number of carbonyl (C=O) groups excluding carboxylic acids is 1. The molecule has 144 valence electrons. The van der Waals surface area contributed by atoms with Crippen LogP contribution in [0, 0.1) is 5.82 Å². The number of amides is 1. The Morgan fingerprint density at radius 1 is 0.931 bits per heavy atom. The zero-order valence-electron chi connectivity index (χ0n) is 15.7. The molecule has 0 unspecified atom stereocenters. The van der Waals surface area contributed by atoms with Crippen molar-refractivity contribution in [2.45, 2.75) is 6.54 Å². The highest BCUT2D eigenvalue weighted by molar-refractivity contribution is 6.04. The number of hydrogen-bond acceptors (Lipinski definition) is 3. The van der Waals surface area contributed by atoms with E-state index >= 15 is 0 Å². The summed E-state index contributed by atoms with van der Waals surface area (Å²) in [5.41, 5.74) is 1.28. The van der Waals surface area contributed by atoms with E-state index in [0.29, 0.717) is 23.0 Å². The average molecular weight is 387 g/mol. The third kappa shape index (κ3) is 3.65. The number of nitrogens with zero attached hydrogens (tertiary/aromatic N) is 3. The van der Waals surface area contributed by atoms with Crippen LogP contribution < -0.4 is 5.56 Å². The Hall–Kier alpha value is -3.80. The fourth-order valence-electron chi connectivity index (χ4n) is 3.21. The number of halogens is 1. The quantitative estimate of drug-likeness (QED) is 0.535. The van der Waals surface area contributed by atoms with Crippen LogP contribution in [-0.4, -0.2) is 27.6 Å². The molecule has 0 fully saturated rings. The molecule has 1 amide bonds. The number of rotatable bonds is 4. The summed E-state index contributed by atoms with van der Waals surface area (Å²) in [5, 5.41) is 5.32. The van der Waals surface area contributed by atoms with Crippen molar-refractivity contribution in [2.24, 2.45) is 0 Å². The van der Waals surface area contributed by atoms with Crippen LogP contribution in [-0.2, 0) is 6.54 Å². The molecular formula is C23H18FN3O2. The number of aromatic nitrogens is 2. The molecule has 4 aromatic rings. The average Bonchev–Trinajstić information content (AvgIpc) is 2.76. The van der Waals surface area contributed by atoms with E-state index in [1.165, 1.54) is 21.7 Å². The predicted octanol–water partition coefficient (Wildman–Crippen LogP) is 3.80. The lowest BCUT2D eigenvalue weighted by Crippen LogP contribution is -2.31. The summed E-state index contributed by atoms with van der Waals surface area (Å²) in [6.07, 6.45) is 0. The zero-order chi connectivity index (χ0) is 20.4. The van der Waals surface area contributed by atoms with E-state index in [-0.39, 0.29) is 23.0 Å². The minimum absolute atomic E-state index is 0.189. The fourth-order valence-corrected chi connectivity index (χ4v) is 3.21. The van der Waals surface area contributed by atoms with Crippen LogP contribution in [0.25, 0.3) is 16.5 Å². The Labute approximate surface area is 166 Å². The monoisotopic (exact) mass is 387 g/mol. The van der Waals surface area contributed by atoms with Gasteiger partial charge in [-0.1, -0.05) is 48.5 Å². The highest BCUT2D eigenvalue weighted by Gasteiger charge is 2.20. The number of hydrogen-bond donors (Lipinski definition) is 0. The summed E-state index contributed by atoms with van der Waals surface area (Å²) in [6, 6.07) is 21.9. The van der Waals surface area contributed by atoms with E-state index in [2.05, 4.69) is 5.10 Å². The Morgan fingerprint density at radius 3 is 2.24 bits per heavy atom. The molecule has 6 heteroatoms. The van der Waals surface area contributed by atoms with E-state index in [0.717, 1.165) is 5.56 Å². The summed E-state index contributed by atoms with van der Waals surface area (Å²) >= 11 is 0. The molecule has 0 N–H and O–H groups in total. The molecule has 5 nitrogen and oxygen atoms in total. The second kappa shape index (κ2) is 7.67. The fraction of sp³-hybridized carbons (Fsp3) is 0.0870. The second-order valence-electron chi connectivity index (χ2n) is 6.73. The smallest absolute Gasteiger partial charge is 0.279 e. The van der Waals surface area contributed by atoms with Crippen molar-refractivity contribution >= 4 is 16.7 Å². The van der Waals surface area contributed by atoms with Gasteiger partial charge in [-0.2, -0.15) is 9.78 Å². The van der Waals surface area contributed by atoms with Gasteiger partial charge in [0.25, 0.3) is 11.5 Å². The van der Waals surface area contributed by atoms with Crippen LogP contribution >= 0.6 is 0 Å². The van der Waals surface area contributed by atoms with Crippen molar-refractivity contribution in [1.29, 1.82) is 0 Å². The van der Waals surface area contributed by atoms with E-state index in [1.54, 1.807) is 67.7 Å². The highest BCUT2D eigenvalue weighted by atomic mass is 19.1. The maximum absolute atomic E-state index is 13.2. The van der Waals surface area contributed by atoms with Crippen LogP contribution in [0.5, 0.6) is 0 Å². The van der Waals surface area contributed by atoms with Gasteiger partial charge in [-0.05, 0) is 35.9 Å². The van der Waals surface area contributed by atoms with Crippen molar-refractivity contribution in [3.05, 3.63) is 106 Å². The van der Waals surface area contributed by atoms with Crippen molar-refractivity contribution in [2.75, 3.05) is 7.05 Å². The van der Waals surface area contributed by atoms with Crippen molar-refractivity contribution in [1.82, 2.24) is 14.7 Å². The number of fused-ring (bicyclic) bond motifs is 1. The van der Waals surface area contributed by atoms with Gasteiger partial charge >= 0.3 is 0 Å². The lowest BCUT2D eigenvalue weighted by Gasteiger charge is -2.18. The van der Waals surface area contributed by atoms with Crippen molar-refractivity contribution in [3.8, 4) is 5.69 Å². The molecule has 0 aliphatic rings. The molecule has 0 spiro atoms. The first kappa shape index (κ1) is 18.6. The molecule has 29 heavy (non-hydrogen) atoms. The maximum Gasteiger partial charge on any atom is 0.279 e. The van der Waals surface area contributed by atoms with Gasteiger partial charge in [0, 0.05) is 19.0 Å². The topological polar surface area (TPSA) is 55.2 Å². The van der Waals surface area contributed by atoms with Crippen LogP contribution in [0.2, 0.25) is 0 Å². The first-order valence-electron chi connectivity index (χ1n) is 9.12.